The van der Waals surface area contributed by atoms with Crippen LogP contribution in [0.2, 0.25) is 0 Å². The summed E-state index contributed by atoms with van der Waals surface area (Å²) in [5.41, 5.74) is 1.06. The summed E-state index contributed by atoms with van der Waals surface area (Å²) in [6.45, 7) is 0.301. The van der Waals surface area contributed by atoms with Crippen molar-refractivity contribution in [3.8, 4) is 17.1 Å². The minimum Gasteiger partial charge on any atom is -0.494 e. The standard InChI is InChI=1S/C19H15F2N3O3/c1-26-16-7-6-14(9-15(16)21)24-10-12(8-17(24)25)19-22-18(23-27-19)11-2-4-13(20)5-3-11/h2-7,9,12H,8,10H2,1H3. The highest BCUT2D eigenvalue weighted by Gasteiger charge is 2.35. The molecule has 0 N–H and O–H groups in total. The molecule has 1 saturated heterocycles. The molecule has 1 aliphatic rings. The van der Waals surface area contributed by atoms with Gasteiger partial charge in [-0.05, 0) is 36.4 Å². The molecule has 2 aromatic carbocycles. The Morgan fingerprint density at radius 3 is 2.67 bits per heavy atom. The van der Waals surface area contributed by atoms with Crippen molar-refractivity contribution in [3.05, 3.63) is 60.0 Å². The van der Waals surface area contributed by atoms with Gasteiger partial charge in [-0.1, -0.05) is 5.16 Å². The molecule has 1 unspecified atom stereocenters. The average molecular weight is 371 g/mol. The monoisotopic (exact) mass is 371 g/mol. The number of rotatable bonds is 4. The van der Waals surface area contributed by atoms with Gasteiger partial charge in [0.1, 0.15) is 5.82 Å². The highest BCUT2D eigenvalue weighted by atomic mass is 19.1. The smallest absolute Gasteiger partial charge is 0.232 e. The molecule has 1 aromatic heterocycles. The molecule has 1 amide bonds. The van der Waals surface area contributed by atoms with Crippen LogP contribution in [0.1, 0.15) is 18.2 Å². The zero-order valence-electron chi connectivity index (χ0n) is 14.4. The molecule has 27 heavy (non-hydrogen) atoms. The van der Waals surface area contributed by atoms with Gasteiger partial charge in [-0.15, -0.1) is 0 Å². The van der Waals surface area contributed by atoms with Crippen LogP contribution in [-0.2, 0) is 4.79 Å². The Bertz CT molecular complexity index is 988. The van der Waals surface area contributed by atoms with Crippen molar-refractivity contribution >= 4 is 11.6 Å². The molecule has 1 atom stereocenters. The second-order valence-corrected chi connectivity index (χ2v) is 6.19. The predicted octanol–water partition coefficient (Wildman–Crippen LogP) is 3.54. The van der Waals surface area contributed by atoms with Crippen LogP contribution in [0.3, 0.4) is 0 Å². The van der Waals surface area contributed by atoms with Crippen LogP contribution in [0.25, 0.3) is 11.4 Å². The number of nitrogens with zero attached hydrogens (tertiary/aromatic N) is 3. The summed E-state index contributed by atoms with van der Waals surface area (Å²) in [7, 11) is 1.38. The number of carbonyl (C=O) groups is 1. The molecule has 4 rings (SSSR count). The number of carbonyl (C=O) groups excluding carboxylic acids is 1. The third-order valence-electron chi connectivity index (χ3n) is 4.47. The Morgan fingerprint density at radius 1 is 1.19 bits per heavy atom. The van der Waals surface area contributed by atoms with E-state index in [1.165, 1.54) is 36.3 Å². The molecule has 0 aliphatic carbocycles. The molecule has 1 fully saturated rings. The van der Waals surface area contributed by atoms with Crippen molar-refractivity contribution in [1.82, 2.24) is 10.1 Å². The first-order valence-corrected chi connectivity index (χ1v) is 8.28. The Balaban J connectivity index is 1.54. The van der Waals surface area contributed by atoms with E-state index in [-0.39, 0.29) is 29.8 Å². The van der Waals surface area contributed by atoms with Gasteiger partial charge in [0.2, 0.25) is 17.6 Å². The summed E-state index contributed by atoms with van der Waals surface area (Å²) in [5, 5.41) is 3.91. The van der Waals surface area contributed by atoms with Gasteiger partial charge >= 0.3 is 0 Å². The molecule has 6 nitrogen and oxygen atoms in total. The predicted molar refractivity (Wildman–Crippen MR) is 92.4 cm³/mol. The quantitative estimate of drug-likeness (QED) is 0.702. The zero-order valence-corrected chi connectivity index (χ0v) is 14.4. The fourth-order valence-corrected chi connectivity index (χ4v) is 3.06. The zero-order chi connectivity index (χ0) is 19.0. The SMILES string of the molecule is COc1ccc(N2CC(c3nc(-c4ccc(F)cc4)no3)CC2=O)cc1F. The molecule has 8 heteroatoms. The number of ether oxygens (including phenoxy) is 1. The van der Waals surface area contributed by atoms with Gasteiger partial charge in [0.25, 0.3) is 0 Å². The number of hydrogen-bond donors (Lipinski definition) is 0. The first-order valence-electron chi connectivity index (χ1n) is 8.28. The Morgan fingerprint density at radius 2 is 1.96 bits per heavy atom. The van der Waals surface area contributed by atoms with E-state index in [2.05, 4.69) is 10.1 Å². The van der Waals surface area contributed by atoms with Crippen LogP contribution < -0.4 is 9.64 Å². The second kappa shape index (κ2) is 6.79. The van der Waals surface area contributed by atoms with Crippen LogP contribution in [0.5, 0.6) is 5.75 Å². The largest absolute Gasteiger partial charge is 0.494 e. The molecule has 1 aliphatic heterocycles. The van der Waals surface area contributed by atoms with E-state index in [1.54, 1.807) is 18.2 Å². The lowest BCUT2D eigenvalue weighted by Crippen LogP contribution is -2.24. The molecule has 0 spiro atoms. The summed E-state index contributed by atoms with van der Waals surface area (Å²) in [4.78, 5) is 18.2. The minimum absolute atomic E-state index is 0.114. The Labute approximate surface area is 153 Å². The van der Waals surface area contributed by atoms with E-state index in [4.69, 9.17) is 9.26 Å². The van der Waals surface area contributed by atoms with Crippen LogP contribution >= 0.6 is 0 Å². The van der Waals surface area contributed by atoms with Gasteiger partial charge < -0.3 is 14.2 Å². The number of aromatic nitrogens is 2. The first kappa shape index (κ1) is 17.1. The number of halogens is 2. The van der Waals surface area contributed by atoms with Gasteiger partial charge in [0, 0.05) is 30.3 Å². The van der Waals surface area contributed by atoms with E-state index in [9.17, 15) is 13.6 Å². The van der Waals surface area contributed by atoms with Crippen molar-refractivity contribution in [2.75, 3.05) is 18.6 Å². The number of benzene rings is 2. The number of amides is 1. The molecular weight excluding hydrogens is 356 g/mol. The van der Waals surface area contributed by atoms with Gasteiger partial charge in [-0.3, -0.25) is 4.79 Å². The lowest BCUT2D eigenvalue weighted by Gasteiger charge is -2.16. The fraction of sp³-hybridized carbons (Fsp3) is 0.211. The summed E-state index contributed by atoms with van der Waals surface area (Å²) >= 11 is 0. The molecule has 138 valence electrons. The number of anilines is 1. The van der Waals surface area contributed by atoms with E-state index < -0.39 is 5.82 Å². The third kappa shape index (κ3) is 3.25. The summed E-state index contributed by atoms with van der Waals surface area (Å²) in [6, 6.07) is 10.1. The molecular formula is C19H15F2N3O3. The van der Waals surface area contributed by atoms with E-state index in [0.717, 1.165) is 0 Å². The van der Waals surface area contributed by atoms with Gasteiger partial charge in [0.15, 0.2) is 11.6 Å². The maximum atomic E-state index is 13.9. The average Bonchev–Trinajstić information content (AvgIpc) is 3.29. The third-order valence-corrected chi connectivity index (χ3v) is 4.47. The Hall–Kier alpha value is -3.29. The van der Waals surface area contributed by atoms with Crippen molar-refractivity contribution in [1.29, 1.82) is 0 Å². The molecule has 0 radical (unpaired) electrons. The molecule has 3 aromatic rings. The van der Waals surface area contributed by atoms with Crippen molar-refractivity contribution in [3.63, 3.8) is 0 Å². The van der Waals surface area contributed by atoms with Crippen LogP contribution in [0.15, 0.2) is 47.0 Å². The Kier molecular flexibility index (Phi) is 4.31. The maximum Gasteiger partial charge on any atom is 0.232 e. The summed E-state index contributed by atoms with van der Waals surface area (Å²) < 4.78 is 37.2. The van der Waals surface area contributed by atoms with E-state index >= 15 is 0 Å². The summed E-state index contributed by atoms with van der Waals surface area (Å²) in [6.07, 6.45) is 0.179. The second-order valence-electron chi connectivity index (χ2n) is 6.19. The van der Waals surface area contributed by atoms with Crippen LogP contribution in [-0.4, -0.2) is 29.7 Å². The van der Waals surface area contributed by atoms with Gasteiger partial charge in [0.05, 0.1) is 13.0 Å². The van der Waals surface area contributed by atoms with Crippen molar-refractivity contribution in [2.24, 2.45) is 0 Å². The minimum atomic E-state index is -0.539. The van der Waals surface area contributed by atoms with E-state index in [1.807, 2.05) is 0 Å². The molecule has 0 saturated carbocycles. The maximum absolute atomic E-state index is 13.9. The van der Waals surface area contributed by atoms with Gasteiger partial charge in [-0.25, -0.2) is 8.78 Å². The van der Waals surface area contributed by atoms with Gasteiger partial charge in [-0.2, -0.15) is 4.98 Å². The summed E-state index contributed by atoms with van der Waals surface area (Å²) in [5.74, 6) is -0.599. The lowest BCUT2D eigenvalue weighted by molar-refractivity contribution is -0.117. The van der Waals surface area contributed by atoms with Crippen LogP contribution in [0.4, 0.5) is 14.5 Å². The normalized spacial score (nSPS) is 16.8. The topological polar surface area (TPSA) is 68.5 Å². The number of hydrogen-bond acceptors (Lipinski definition) is 5. The van der Waals surface area contributed by atoms with E-state index in [0.29, 0.717) is 29.5 Å². The first-order chi connectivity index (χ1) is 13.0. The highest BCUT2D eigenvalue weighted by molar-refractivity contribution is 5.96. The molecule has 2 heterocycles. The van der Waals surface area contributed by atoms with Crippen molar-refractivity contribution < 1.29 is 22.8 Å². The van der Waals surface area contributed by atoms with Crippen molar-refractivity contribution in [2.45, 2.75) is 12.3 Å². The van der Waals surface area contributed by atoms with Crippen LogP contribution in [0, 0.1) is 11.6 Å². The fourth-order valence-electron chi connectivity index (χ4n) is 3.06. The number of methoxy groups -OCH3 is 1. The highest BCUT2D eigenvalue weighted by Crippen LogP contribution is 2.33. The lowest BCUT2D eigenvalue weighted by atomic mass is 10.1. The molecule has 0 bridgehead atoms.